The molecule has 4 aromatic rings. The Kier molecular flexibility index (Phi) is 5.88. The predicted molar refractivity (Wildman–Crippen MR) is 138 cm³/mol. The minimum absolute atomic E-state index is 0.158. The Morgan fingerprint density at radius 1 is 1.06 bits per heavy atom. The smallest absolute Gasteiger partial charge is 0.257 e. The normalized spacial score (nSPS) is 14.8. The van der Waals surface area contributed by atoms with Gasteiger partial charge in [-0.1, -0.05) is 43.5 Å². The molecule has 1 aliphatic rings. The Bertz CT molecular complexity index is 1370. The lowest BCUT2D eigenvalue weighted by molar-refractivity contribution is 0.0930. The monoisotopic (exact) mass is 455 g/mol. The van der Waals surface area contributed by atoms with Crippen molar-refractivity contribution in [2.45, 2.75) is 38.1 Å². The van der Waals surface area contributed by atoms with Gasteiger partial charge in [-0.3, -0.25) is 4.79 Å². The molecule has 1 fully saturated rings. The first-order valence-electron chi connectivity index (χ1n) is 11.7. The minimum atomic E-state index is -0.219. The van der Waals surface area contributed by atoms with E-state index in [0.717, 1.165) is 42.5 Å². The van der Waals surface area contributed by atoms with Crippen LogP contribution in [0.15, 0.2) is 53.6 Å². The molecule has 1 saturated carbocycles. The molecule has 34 heavy (non-hydrogen) atoms. The Morgan fingerprint density at radius 3 is 2.41 bits per heavy atom. The van der Waals surface area contributed by atoms with E-state index in [2.05, 4.69) is 10.4 Å². The van der Waals surface area contributed by atoms with E-state index in [9.17, 15) is 4.79 Å². The number of anilines is 2. The van der Waals surface area contributed by atoms with Gasteiger partial charge in [0.1, 0.15) is 16.9 Å². The predicted octanol–water partition coefficient (Wildman–Crippen LogP) is 4.18. The number of carbonyl (C=O) groups is 1. The molecule has 1 amide bonds. The van der Waals surface area contributed by atoms with E-state index in [1.807, 2.05) is 67.5 Å². The van der Waals surface area contributed by atoms with Gasteiger partial charge in [0.25, 0.3) is 5.91 Å². The van der Waals surface area contributed by atoms with Crippen LogP contribution in [0.5, 0.6) is 0 Å². The maximum Gasteiger partial charge on any atom is 0.257 e. The van der Waals surface area contributed by atoms with E-state index in [1.54, 1.807) is 6.21 Å². The number of nitrogen functional groups attached to an aromatic ring is 1. The van der Waals surface area contributed by atoms with E-state index in [0.29, 0.717) is 22.2 Å². The SMILES string of the molecule is CN(C)c1ccc(/C=N\n2c(N)c(C(=O)NC3CCCCC3)c3nc4ccccc4nc32)cc1. The van der Waals surface area contributed by atoms with Crippen LogP contribution in [-0.2, 0) is 0 Å². The number of rotatable bonds is 5. The van der Waals surface area contributed by atoms with Gasteiger partial charge in [-0.2, -0.15) is 9.78 Å². The van der Waals surface area contributed by atoms with Crippen LogP contribution < -0.4 is 16.0 Å². The van der Waals surface area contributed by atoms with Crippen molar-refractivity contribution in [2.24, 2.45) is 5.10 Å². The van der Waals surface area contributed by atoms with Gasteiger partial charge in [0.05, 0.1) is 17.2 Å². The molecule has 2 heterocycles. The van der Waals surface area contributed by atoms with Crippen LogP contribution in [0.3, 0.4) is 0 Å². The van der Waals surface area contributed by atoms with Crippen LogP contribution in [0, 0.1) is 0 Å². The van der Waals surface area contributed by atoms with E-state index in [4.69, 9.17) is 15.7 Å². The summed E-state index contributed by atoms with van der Waals surface area (Å²) in [5.74, 6) is 0.0167. The molecule has 8 heteroatoms. The van der Waals surface area contributed by atoms with Gasteiger partial charge in [0, 0.05) is 25.8 Å². The van der Waals surface area contributed by atoms with E-state index >= 15 is 0 Å². The number of hydrogen-bond acceptors (Lipinski definition) is 6. The van der Waals surface area contributed by atoms with Crippen molar-refractivity contribution in [3.8, 4) is 0 Å². The van der Waals surface area contributed by atoms with Crippen molar-refractivity contribution >= 4 is 45.8 Å². The molecule has 0 unspecified atom stereocenters. The molecule has 174 valence electrons. The van der Waals surface area contributed by atoms with Crippen molar-refractivity contribution in [1.82, 2.24) is 20.0 Å². The van der Waals surface area contributed by atoms with E-state index in [1.165, 1.54) is 11.1 Å². The maximum absolute atomic E-state index is 13.3. The zero-order chi connectivity index (χ0) is 23.7. The summed E-state index contributed by atoms with van der Waals surface area (Å²) in [6.45, 7) is 0. The summed E-state index contributed by atoms with van der Waals surface area (Å²) in [5, 5.41) is 7.77. The Hall–Kier alpha value is -3.94. The Labute approximate surface area is 198 Å². The fraction of sp³-hybridized carbons (Fsp3) is 0.308. The molecule has 0 spiro atoms. The van der Waals surface area contributed by atoms with Crippen molar-refractivity contribution in [1.29, 1.82) is 0 Å². The van der Waals surface area contributed by atoms with Crippen molar-refractivity contribution < 1.29 is 4.79 Å². The van der Waals surface area contributed by atoms with E-state index < -0.39 is 0 Å². The maximum atomic E-state index is 13.3. The van der Waals surface area contributed by atoms with Crippen LogP contribution in [0.4, 0.5) is 11.5 Å². The summed E-state index contributed by atoms with van der Waals surface area (Å²) >= 11 is 0. The molecule has 2 aromatic carbocycles. The molecule has 0 atom stereocenters. The van der Waals surface area contributed by atoms with Crippen LogP contribution in [0.2, 0.25) is 0 Å². The highest BCUT2D eigenvalue weighted by atomic mass is 16.1. The summed E-state index contributed by atoms with van der Waals surface area (Å²) in [6, 6.07) is 15.8. The lowest BCUT2D eigenvalue weighted by Crippen LogP contribution is -2.36. The largest absolute Gasteiger partial charge is 0.383 e. The number of nitrogens with two attached hydrogens (primary N) is 1. The molecule has 2 aromatic heterocycles. The summed E-state index contributed by atoms with van der Waals surface area (Å²) in [4.78, 5) is 24.9. The highest BCUT2D eigenvalue weighted by molar-refractivity contribution is 6.10. The first-order chi connectivity index (χ1) is 16.5. The first-order valence-corrected chi connectivity index (χ1v) is 11.7. The fourth-order valence-corrected chi connectivity index (χ4v) is 4.48. The van der Waals surface area contributed by atoms with Crippen LogP contribution in [-0.4, -0.2) is 46.9 Å². The van der Waals surface area contributed by atoms with Crippen LogP contribution in [0.1, 0.15) is 48.0 Å². The zero-order valence-corrected chi connectivity index (χ0v) is 19.5. The second-order valence-corrected chi connectivity index (χ2v) is 9.00. The van der Waals surface area contributed by atoms with Crippen molar-refractivity contribution in [3.05, 3.63) is 59.7 Å². The third-order valence-corrected chi connectivity index (χ3v) is 6.37. The summed E-state index contributed by atoms with van der Waals surface area (Å²) < 4.78 is 1.52. The molecule has 5 rings (SSSR count). The fourth-order valence-electron chi connectivity index (χ4n) is 4.48. The van der Waals surface area contributed by atoms with Gasteiger partial charge < -0.3 is 16.0 Å². The number of amides is 1. The lowest BCUT2D eigenvalue weighted by Gasteiger charge is -2.22. The van der Waals surface area contributed by atoms with Crippen LogP contribution >= 0.6 is 0 Å². The second kappa shape index (κ2) is 9.13. The number of carbonyl (C=O) groups excluding carboxylic acids is 1. The molecular weight excluding hydrogens is 426 g/mol. The number of para-hydroxylation sites is 2. The molecule has 0 saturated heterocycles. The van der Waals surface area contributed by atoms with Crippen LogP contribution in [0.25, 0.3) is 22.2 Å². The molecule has 1 aliphatic carbocycles. The topological polar surface area (TPSA) is 101 Å². The molecule has 8 nitrogen and oxygen atoms in total. The number of hydrogen-bond donors (Lipinski definition) is 2. The van der Waals surface area contributed by atoms with E-state index in [-0.39, 0.29) is 17.8 Å². The Morgan fingerprint density at radius 2 is 1.74 bits per heavy atom. The molecule has 0 bridgehead atoms. The third-order valence-electron chi connectivity index (χ3n) is 6.37. The minimum Gasteiger partial charge on any atom is -0.383 e. The lowest BCUT2D eigenvalue weighted by atomic mass is 9.95. The van der Waals surface area contributed by atoms with Crippen molar-refractivity contribution in [2.75, 3.05) is 24.7 Å². The highest BCUT2D eigenvalue weighted by Gasteiger charge is 2.26. The number of nitrogens with one attached hydrogen (secondary N) is 1. The Balaban J connectivity index is 1.58. The molecule has 0 radical (unpaired) electrons. The molecule has 0 aliphatic heterocycles. The molecule has 3 N–H and O–H groups in total. The molecular formula is C26H29N7O. The van der Waals surface area contributed by atoms with Gasteiger partial charge in [-0.15, -0.1) is 0 Å². The summed E-state index contributed by atoms with van der Waals surface area (Å²) in [5.41, 5.74) is 11.2. The average Bonchev–Trinajstić information content (AvgIpc) is 3.12. The van der Waals surface area contributed by atoms with Gasteiger partial charge in [0.2, 0.25) is 0 Å². The quantitative estimate of drug-likeness (QED) is 0.440. The standard InChI is InChI=1S/C26H29N7O/c1-32(2)19-14-12-17(13-15-19)16-28-33-24(27)22(26(34)29-18-8-4-3-5-9-18)23-25(33)31-21-11-7-6-10-20(21)30-23/h6-7,10-16,18H,3-5,8-9,27H2,1-2H3,(H,29,34)/b28-16-. The van der Waals surface area contributed by atoms with Gasteiger partial charge in [-0.25, -0.2) is 9.97 Å². The zero-order valence-electron chi connectivity index (χ0n) is 19.5. The number of fused-ring (bicyclic) bond motifs is 2. The third kappa shape index (κ3) is 4.19. The second-order valence-electron chi connectivity index (χ2n) is 9.00. The van der Waals surface area contributed by atoms with Gasteiger partial charge in [0.15, 0.2) is 5.65 Å². The number of nitrogens with zero attached hydrogens (tertiary/aromatic N) is 5. The first kappa shape index (κ1) is 21.9. The van der Waals surface area contributed by atoms with Gasteiger partial charge >= 0.3 is 0 Å². The van der Waals surface area contributed by atoms with Crippen molar-refractivity contribution in [3.63, 3.8) is 0 Å². The highest BCUT2D eigenvalue weighted by Crippen LogP contribution is 2.28. The summed E-state index contributed by atoms with van der Waals surface area (Å²) in [7, 11) is 4.00. The number of aromatic nitrogens is 3. The van der Waals surface area contributed by atoms with Gasteiger partial charge in [-0.05, 0) is 42.7 Å². The summed E-state index contributed by atoms with van der Waals surface area (Å²) in [6.07, 6.45) is 7.16. The number of benzene rings is 2. The average molecular weight is 456 g/mol.